The smallest absolute Gasteiger partial charge is 0.319 e. The number of nitrogens with zero attached hydrogens (tertiary/aromatic N) is 1. The highest BCUT2D eigenvalue weighted by Gasteiger charge is 2.16. The number of carbonyl (C=O) groups is 2. The van der Waals surface area contributed by atoms with Crippen LogP contribution in [0.4, 0.5) is 16.2 Å². The Morgan fingerprint density at radius 2 is 1.96 bits per heavy atom. The Morgan fingerprint density at radius 1 is 1.15 bits per heavy atom. The zero-order chi connectivity index (χ0) is 19.1. The standard InChI is InChI=1S/C21H25N3O3/c1-24(18-9-3-2-4-10-18)20(25)16-7-5-8-17(15-16)23-21(26)22-13-12-19-11-6-14-27-19/h2-5,7-10,15,19H,6,11-14H2,1H3,(H2,22,23,26)/t19-/m0/s1. The summed E-state index contributed by atoms with van der Waals surface area (Å²) in [5, 5.41) is 5.61. The van der Waals surface area contributed by atoms with Gasteiger partial charge in [-0.05, 0) is 49.6 Å². The molecule has 2 aromatic carbocycles. The summed E-state index contributed by atoms with van der Waals surface area (Å²) in [4.78, 5) is 26.3. The largest absolute Gasteiger partial charge is 0.378 e. The maximum atomic E-state index is 12.7. The van der Waals surface area contributed by atoms with Crippen molar-refractivity contribution in [2.45, 2.75) is 25.4 Å². The van der Waals surface area contributed by atoms with E-state index >= 15 is 0 Å². The van der Waals surface area contributed by atoms with Crippen LogP contribution < -0.4 is 15.5 Å². The molecule has 1 aliphatic rings. The number of nitrogens with one attached hydrogen (secondary N) is 2. The molecule has 0 spiro atoms. The van der Waals surface area contributed by atoms with Gasteiger partial charge in [0.1, 0.15) is 0 Å². The number of hydrogen-bond donors (Lipinski definition) is 2. The lowest BCUT2D eigenvalue weighted by atomic mass is 10.1. The fourth-order valence-corrected chi connectivity index (χ4v) is 3.09. The maximum absolute atomic E-state index is 12.7. The lowest BCUT2D eigenvalue weighted by Gasteiger charge is -2.18. The predicted molar refractivity (Wildman–Crippen MR) is 106 cm³/mol. The molecule has 0 aromatic heterocycles. The van der Waals surface area contributed by atoms with E-state index in [9.17, 15) is 9.59 Å². The van der Waals surface area contributed by atoms with Crippen LogP contribution in [0.2, 0.25) is 0 Å². The minimum absolute atomic E-state index is 0.136. The van der Waals surface area contributed by atoms with Gasteiger partial charge in [0.05, 0.1) is 6.10 Å². The van der Waals surface area contributed by atoms with Gasteiger partial charge in [-0.25, -0.2) is 4.79 Å². The summed E-state index contributed by atoms with van der Waals surface area (Å²) in [6, 6.07) is 16.1. The Balaban J connectivity index is 1.54. The van der Waals surface area contributed by atoms with Crippen molar-refractivity contribution in [1.82, 2.24) is 5.32 Å². The van der Waals surface area contributed by atoms with Crippen molar-refractivity contribution in [3.8, 4) is 0 Å². The molecule has 3 rings (SSSR count). The Morgan fingerprint density at radius 3 is 2.70 bits per heavy atom. The number of rotatable bonds is 6. The van der Waals surface area contributed by atoms with E-state index in [1.54, 1.807) is 36.2 Å². The van der Waals surface area contributed by atoms with Crippen molar-refractivity contribution >= 4 is 23.3 Å². The van der Waals surface area contributed by atoms with Gasteiger partial charge in [-0.1, -0.05) is 24.3 Å². The Hall–Kier alpha value is -2.86. The average Bonchev–Trinajstić information content (AvgIpc) is 3.21. The molecular weight excluding hydrogens is 342 g/mol. The van der Waals surface area contributed by atoms with Crippen LogP contribution in [0.15, 0.2) is 54.6 Å². The summed E-state index contributed by atoms with van der Waals surface area (Å²) in [6.45, 7) is 1.38. The number of anilines is 2. The highest BCUT2D eigenvalue weighted by Crippen LogP contribution is 2.18. The van der Waals surface area contributed by atoms with Crippen molar-refractivity contribution in [2.24, 2.45) is 0 Å². The molecule has 1 heterocycles. The summed E-state index contributed by atoms with van der Waals surface area (Å²) in [6.07, 6.45) is 3.21. The second-order valence-electron chi connectivity index (χ2n) is 6.59. The fraction of sp³-hybridized carbons (Fsp3) is 0.333. The van der Waals surface area contributed by atoms with Crippen LogP contribution in [0, 0.1) is 0 Å². The number of benzene rings is 2. The lowest BCUT2D eigenvalue weighted by Crippen LogP contribution is -2.31. The first-order valence-corrected chi connectivity index (χ1v) is 9.23. The van der Waals surface area contributed by atoms with Crippen molar-refractivity contribution in [2.75, 3.05) is 30.4 Å². The van der Waals surface area contributed by atoms with E-state index in [0.717, 1.165) is 31.6 Å². The maximum Gasteiger partial charge on any atom is 0.319 e. The van der Waals surface area contributed by atoms with Gasteiger partial charge in [-0.2, -0.15) is 0 Å². The molecule has 27 heavy (non-hydrogen) atoms. The predicted octanol–water partition coefficient (Wildman–Crippen LogP) is 3.65. The Bertz CT molecular complexity index is 773. The third-order valence-corrected chi connectivity index (χ3v) is 4.59. The minimum Gasteiger partial charge on any atom is -0.378 e. The van der Waals surface area contributed by atoms with Crippen LogP contribution in [0.3, 0.4) is 0 Å². The van der Waals surface area contributed by atoms with Gasteiger partial charge in [-0.3, -0.25) is 4.79 Å². The van der Waals surface area contributed by atoms with Crippen molar-refractivity contribution < 1.29 is 14.3 Å². The second-order valence-corrected chi connectivity index (χ2v) is 6.59. The van der Waals surface area contributed by atoms with E-state index in [0.29, 0.717) is 17.8 Å². The van der Waals surface area contributed by atoms with E-state index in [-0.39, 0.29) is 18.0 Å². The molecule has 0 bridgehead atoms. The molecule has 0 unspecified atom stereocenters. The lowest BCUT2D eigenvalue weighted by molar-refractivity contribution is 0.0992. The number of carbonyl (C=O) groups excluding carboxylic acids is 2. The van der Waals surface area contributed by atoms with Gasteiger partial charge in [0.25, 0.3) is 5.91 Å². The van der Waals surface area contributed by atoms with E-state index in [1.165, 1.54) is 0 Å². The van der Waals surface area contributed by atoms with Gasteiger partial charge in [0.2, 0.25) is 0 Å². The molecule has 0 aliphatic carbocycles. The van der Waals surface area contributed by atoms with E-state index in [2.05, 4.69) is 10.6 Å². The quantitative estimate of drug-likeness (QED) is 0.819. The van der Waals surface area contributed by atoms with Gasteiger partial charge >= 0.3 is 6.03 Å². The summed E-state index contributed by atoms with van der Waals surface area (Å²) in [5.41, 5.74) is 1.91. The van der Waals surface area contributed by atoms with E-state index in [1.807, 2.05) is 30.3 Å². The molecule has 2 N–H and O–H groups in total. The molecule has 6 heteroatoms. The molecule has 1 saturated heterocycles. The number of hydrogen-bond acceptors (Lipinski definition) is 3. The van der Waals surface area contributed by atoms with E-state index in [4.69, 9.17) is 4.74 Å². The average molecular weight is 367 g/mol. The van der Waals surface area contributed by atoms with Crippen LogP contribution in [-0.4, -0.2) is 38.2 Å². The fourth-order valence-electron chi connectivity index (χ4n) is 3.09. The van der Waals surface area contributed by atoms with Crippen LogP contribution in [0.5, 0.6) is 0 Å². The molecule has 0 radical (unpaired) electrons. The third-order valence-electron chi connectivity index (χ3n) is 4.59. The molecule has 6 nitrogen and oxygen atoms in total. The number of para-hydroxylation sites is 1. The van der Waals surface area contributed by atoms with Gasteiger partial charge in [-0.15, -0.1) is 0 Å². The van der Waals surface area contributed by atoms with Crippen LogP contribution in [-0.2, 0) is 4.74 Å². The second kappa shape index (κ2) is 9.19. The summed E-state index contributed by atoms with van der Waals surface area (Å²) in [5.74, 6) is -0.136. The SMILES string of the molecule is CN(C(=O)c1cccc(NC(=O)NCC[C@@H]2CCCO2)c1)c1ccccc1. The van der Waals surface area contributed by atoms with Crippen molar-refractivity contribution in [3.05, 3.63) is 60.2 Å². The highest BCUT2D eigenvalue weighted by atomic mass is 16.5. The zero-order valence-electron chi connectivity index (χ0n) is 15.5. The topological polar surface area (TPSA) is 70.7 Å². The summed E-state index contributed by atoms with van der Waals surface area (Å²) in [7, 11) is 1.73. The molecule has 1 fully saturated rings. The minimum atomic E-state index is -0.283. The van der Waals surface area contributed by atoms with Gasteiger partial charge in [0, 0.05) is 37.1 Å². The molecule has 2 aromatic rings. The first-order chi connectivity index (χ1) is 13.1. The number of amides is 3. The third kappa shape index (κ3) is 5.31. The Labute approximate surface area is 159 Å². The first kappa shape index (κ1) is 18.9. The first-order valence-electron chi connectivity index (χ1n) is 9.23. The van der Waals surface area contributed by atoms with Crippen LogP contribution in [0.1, 0.15) is 29.6 Å². The Kier molecular flexibility index (Phi) is 6.44. The van der Waals surface area contributed by atoms with Crippen LogP contribution in [0.25, 0.3) is 0 Å². The van der Waals surface area contributed by atoms with E-state index < -0.39 is 0 Å². The molecule has 1 aliphatic heterocycles. The molecular formula is C21H25N3O3. The van der Waals surface area contributed by atoms with Crippen molar-refractivity contribution in [1.29, 1.82) is 0 Å². The van der Waals surface area contributed by atoms with Crippen LogP contribution >= 0.6 is 0 Å². The zero-order valence-corrected chi connectivity index (χ0v) is 15.5. The summed E-state index contributed by atoms with van der Waals surface area (Å²) < 4.78 is 5.54. The number of ether oxygens (including phenoxy) is 1. The van der Waals surface area contributed by atoms with Gasteiger partial charge in [0.15, 0.2) is 0 Å². The molecule has 142 valence electrons. The molecule has 0 saturated carbocycles. The van der Waals surface area contributed by atoms with Gasteiger partial charge < -0.3 is 20.3 Å². The molecule has 1 atom stereocenters. The normalized spacial score (nSPS) is 16.0. The monoisotopic (exact) mass is 367 g/mol. The summed E-state index contributed by atoms with van der Waals surface area (Å²) >= 11 is 0. The molecule has 3 amide bonds. The highest BCUT2D eigenvalue weighted by molar-refractivity contribution is 6.06. The van der Waals surface area contributed by atoms with Crippen molar-refractivity contribution in [3.63, 3.8) is 0 Å². The number of urea groups is 1.